The van der Waals surface area contributed by atoms with Crippen LogP contribution in [0.25, 0.3) is 11.3 Å². The average Bonchev–Trinajstić information content (AvgIpc) is 3.18. The van der Waals surface area contributed by atoms with Gasteiger partial charge in [0.15, 0.2) is 16.6 Å². The highest BCUT2D eigenvalue weighted by molar-refractivity contribution is 7.14. The maximum Gasteiger partial charge on any atom is 0.286 e. The van der Waals surface area contributed by atoms with Gasteiger partial charge in [0.25, 0.3) is 11.6 Å². The number of nitrogens with zero attached hydrogens (tertiary/aromatic N) is 2. The lowest BCUT2D eigenvalue weighted by atomic mass is 9.99. The zero-order chi connectivity index (χ0) is 22.7. The van der Waals surface area contributed by atoms with Crippen LogP contribution in [0, 0.1) is 30.9 Å². The molecule has 9 heteroatoms. The number of hydrogen-bond donors (Lipinski definition) is 1. The number of ether oxygens (including phenoxy) is 2. The Balaban J connectivity index is 1.92. The molecule has 0 saturated heterocycles. The van der Waals surface area contributed by atoms with Crippen LogP contribution in [-0.4, -0.2) is 29.5 Å². The molecule has 31 heavy (non-hydrogen) atoms. The molecule has 3 aromatic rings. The van der Waals surface area contributed by atoms with Gasteiger partial charge in [-0.2, -0.15) is 0 Å². The maximum absolute atomic E-state index is 12.8. The number of carbonyl (C=O) groups excluding carboxylic acids is 1. The number of hydrogen-bond acceptors (Lipinski definition) is 7. The molecule has 0 atom stereocenters. The van der Waals surface area contributed by atoms with E-state index >= 15 is 0 Å². The minimum absolute atomic E-state index is 0.135. The first-order valence-electron chi connectivity index (χ1n) is 9.59. The standard InChI is InChI=1S/C22H23N3O5S/c1-6-30-20-10-18(25(27)28)16(9-19(20)29-5)21(26)24-22-23-17(11-31-22)15-8-13(3)12(2)7-14(15)4/h7-11H,6H2,1-5H3,(H,23,24,26). The fraction of sp³-hybridized carbons (Fsp3) is 0.273. The Labute approximate surface area is 184 Å². The maximum atomic E-state index is 12.8. The average molecular weight is 442 g/mol. The summed E-state index contributed by atoms with van der Waals surface area (Å²) in [4.78, 5) is 28.3. The van der Waals surface area contributed by atoms with Crippen molar-refractivity contribution in [3.63, 3.8) is 0 Å². The van der Waals surface area contributed by atoms with Crippen molar-refractivity contribution < 1.29 is 19.2 Å². The molecule has 0 bridgehead atoms. The molecule has 162 valence electrons. The van der Waals surface area contributed by atoms with Crippen LogP contribution in [0.2, 0.25) is 0 Å². The Morgan fingerprint density at radius 2 is 1.84 bits per heavy atom. The fourth-order valence-electron chi connectivity index (χ4n) is 3.17. The third-order valence-electron chi connectivity index (χ3n) is 4.86. The second kappa shape index (κ2) is 9.13. The lowest BCUT2D eigenvalue weighted by Gasteiger charge is -2.11. The summed E-state index contributed by atoms with van der Waals surface area (Å²) in [6.45, 7) is 8.15. The van der Waals surface area contributed by atoms with E-state index in [1.165, 1.54) is 36.1 Å². The number of methoxy groups -OCH3 is 1. The summed E-state index contributed by atoms with van der Waals surface area (Å²) in [6.07, 6.45) is 0. The van der Waals surface area contributed by atoms with Crippen molar-refractivity contribution in [1.82, 2.24) is 4.98 Å². The van der Waals surface area contributed by atoms with E-state index in [9.17, 15) is 14.9 Å². The Bertz CT molecular complexity index is 1160. The summed E-state index contributed by atoms with van der Waals surface area (Å²) in [5.74, 6) is -0.205. The van der Waals surface area contributed by atoms with Crippen LogP contribution < -0.4 is 14.8 Å². The molecule has 0 radical (unpaired) electrons. The molecule has 0 aliphatic heterocycles. The molecule has 0 saturated carbocycles. The highest BCUT2D eigenvalue weighted by Crippen LogP contribution is 2.36. The van der Waals surface area contributed by atoms with Gasteiger partial charge in [-0.05, 0) is 50.5 Å². The summed E-state index contributed by atoms with van der Waals surface area (Å²) in [6, 6.07) is 6.66. The molecule has 1 heterocycles. The summed E-state index contributed by atoms with van der Waals surface area (Å²) in [7, 11) is 1.41. The van der Waals surface area contributed by atoms with Crippen molar-refractivity contribution in [2.75, 3.05) is 19.0 Å². The Morgan fingerprint density at radius 3 is 2.48 bits per heavy atom. The van der Waals surface area contributed by atoms with E-state index in [2.05, 4.69) is 29.4 Å². The van der Waals surface area contributed by atoms with E-state index in [0.29, 0.717) is 11.7 Å². The minimum Gasteiger partial charge on any atom is -0.493 e. The zero-order valence-corrected chi connectivity index (χ0v) is 18.8. The van der Waals surface area contributed by atoms with Gasteiger partial charge in [-0.25, -0.2) is 4.98 Å². The summed E-state index contributed by atoms with van der Waals surface area (Å²) >= 11 is 1.25. The van der Waals surface area contributed by atoms with E-state index in [0.717, 1.165) is 22.4 Å². The quantitative estimate of drug-likeness (QED) is 0.394. The minimum atomic E-state index is -0.647. The second-order valence-electron chi connectivity index (χ2n) is 6.95. The van der Waals surface area contributed by atoms with Crippen LogP contribution in [-0.2, 0) is 0 Å². The Kier molecular flexibility index (Phi) is 6.55. The van der Waals surface area contributed by atoms with Crippen molar-refractivity contribution in [2.24, 2.45) is 0 Å². The SMILES string of the molecule is CCOc1cc([N+](=O)[O-])c(C(=O)Nc2nc(-c3cc(C)c(C)cc3C)cs2)cc1OC. The van der Waals surface area contributed by atoms with Gasteiger partial charge in [-0.1, -0.05) is 6.07 Å². The van der Waals surface area contributed by atoms with Crippen LogP contribution in [0.15, 0.2) is 29.6 Å². The third kappa shape index (κ3) is 4.66. The largest absolute Gasteiger partial charge is 0.493 e. The zero-order valence-electron chi connectivity index (χ0n) is 17.9. The smallest absolute Gasteiger partial charge is 0.286 e. The van der Waals surface area contributed by atoms with Crippen molar-refractivity contribution in [3.8, 4) is 22.8 Å². The van der Waals surface area contributed by atoms with Crippen LogP contribution in [0.1, 0.15) is 34.0 Å². The lowest BCUT2D eigenvalue weighted by molar-refractivity contribution is -0.385. The first-order chi connectivity index (χ1) is 14.7. The molecular weight excluding hydrogens is 418 g/mol. The second-order valence-corrected chi connectivity index (χ2v) is 7.81. The number of aromatic nitrogens is 1. The molecule has 1 N–H and O–H groups in total. The third-order valence-corrected chi connectivity index (χ3v) is 5.62. The molecule has 0 aliphatic carbocycles. The summed E-state index contributed by atoms with van der Waals surface area (Å²) < 4.78 is 10.6. The normalized spacial score (nSPS) is 10.6. The van der Waals surface area contributed by atoms with E-state index in [1.54, 1.807) is 6.92 Å². The van der Waals surface area contributed by atoms with E-state index < -0.39 is 10.8 Å². The van der Waals surface area contributed by atoms with Crippen molar-refractivity contribution in [1.29, 1.82) is 0 Å². The molecule has 0 fully saturated rings. The number of carbonyl (C=O) groups is 1. The van der Waals surface area contributed by atoms with Gasteiger partial charge in [-0.15, -0.1) is 11.3 Å². The number of nitro benzene ring substituents is 1. The van der Waals surface area contributed by atoms with Gasteiger partial charge in [-0.3, -0.25) is 20.2 Å². The van der Waals surface area contributed by atoms with Crippen molar-refractivity contribution in [2.45, 2.75) is 27.7 Å². The van der Waals surface area contributed by atoms with E-state index in [-0.39, 0.29) is 22.7 Å². The number of aryl methyl sites for hydroxylation is 3. The molecule has 8 nitrogen and oxygen atoms in total. The number of nitrogens with one attached hydrogen (secondary N) is 1. The Morgan fingerprint density at radius 1 is 1.13 bits per heavy atom. The number of rotatable bonds is 7. The number of benzene rings is 2. The van der Waals surface area contributed by atoms with Gasteiger partial charge in [0, 0.05) is 17.0 Å². The van der Waals surface area contributed by atoms with E-state index in [4.69, 9.17) is 9.47 Å². The molecule has 0 aliphatic rings. The topological polar surface area (TPSA) is 104 Å². The fourth-order valence-corrected chi connectivity index (χ4v) is 3.87. The lowest BCUT2D eigenvalue weighted by Crippen LogP contribution is -2.14. The number of anilines is 1. The van der Waals surface area contributed by atoms with Crippen molar-refractivity contribution >= 4 is 28.1 Å². The van der Waals surface area contributed by atoms with Gasteiger partial charge >= 0.3 is 0 Å². The van der Waals surface area contributed by atoms with Gasteiger partial charge in [0.1, 0.15) is 5.56 Å². The molecule has 3 rings (SSSR count). The predicted molar refractivity (Wildman–Crippen MR) is 121 cm³/mol. The molecule has 0 unspecified atom stereocenters. The number of amides is 1. The van der Waals surface area contributed by atoms with Gasteiger partial charge in [0.2, 0.25) is 0 Å². The number of nitro groups is 1. The van der Waals surface area contributed by atoms with E-state index in [1.807, 2.05) is 19.2 Å². The molecule has 1 amide bonds. The Hall–Kier alpha value is -3.46. The molecule has 1 aromatic heterocycles. The van der Waals surface area contributed by atoms with Crippen LogP contribution in [0.4, 0.5) is 10.8 Å². The number of thiazole rings is 1. The predicted octanol–water partition coefficient (Wildman–Crippen LogP) is 5.30. The summed E-state index contributed by atoms with van der Waals surface area (Å²) in [5.41, 5.74) is 4.64. The van der Waals surface area contributed by atoms with Gasteiger partial charge in [0.05, 0.1) is 30.4 Å². The highest BCUT2D eigenvalue weighted by atomic mass is 32.1. The first kappa shape index (κ1) is 22.2. The highest BCUT2D eigenvalue weighted by Gasteiger charge is 2.25. The van der Waals surface area contributed by atoms with Crippen LogP contribution >= 0.6 is 11.3 Å². The van der Waals surface area contributed by atoms with Crippen LogP contribution in [0.3, 0.4) is 0 Å². The molecule has 0 spiro atoms. The van der Waals surface area contributed by atoms with Gasteiger partial charge < -0.3 is 9.47 Å². The molecular formula is C22H23N3O5S. The van der Waals surface area contributed by atoms with Crippen LogP contribution in [0.5, 0.6) is 11.5 Å². The molecule has 2 aromatic carbocycles. The first-order valence-corrected chi connectivity index (χ1v) is 10.5. The van der Waals surface area contributed by atoms with Crippen molar-refractivity contribution in [3.05, 3.63) is 62.0 Å². The monoisotopic (exact) mass is 441 g/mol. The summed E-state index contributed by atoms with van der Waals surface area (Å²) in [5, 5.41) is 16.4.